The predicted molar refractivity (Wildman–Crippen MR) is 96.6 cm³/mol. The Morgan fingerprint density at radius 1 is 1.00 bits per heavy atom. The molecule has 1 aliphatic rings. The molecule has 0 amide bonds. The number of hydrogen-bond donors (Lipinski definition) is 2. The molecule has 0 saturated carbocycles. The molecule has 128 valence electrons. The summed E-state index contributed by atoms with van der Waals surface area (Å²) in [7, 11) is 0. The van der Waals surface area contributed by atoms with Gasteiger partial charge in [-0.15, -0.1) is 0 Å². The van der Waals surface area contributed by atoms with Crippen LogP contribution in [0.25, 0.3) is 22.4 Å². The van der Waals surface area contributed by atoms with E-state index in [2.05, 4.69) is 20.1 Å². The van der Waals surface area contributed by atoms with Crippen LogP contribution in [0.1, 0.15) is 12.8 Å². The van der Waals surface area contributed by atoms with Gasteiger partial charge in [0.1, 0.15) is 5.82 Å². The zero-order valence-corrected chi connectivity index (χ0v) is 13.8. The third kappa shape index (κ3) is 3.13. The Hall–Kier alpha value is -2.73. The minimum atomic E-state index is -0.251. The lowest BCUT2D eigenvalue weighted by Gasteiger charge is -2.31. The number of benzene rings is 1. The number of nitrogens with one attached hydrogen (secondary N) is 1. The first-order valence-electron chi connectivity index (χ1n) is 8.47. The quantitative estimate of drug-likeness (QED) is 0.770. The minimum Gasteiger partial charge on any atom is -0.355 e. The van der Waals surface area contributed by atoms with E-state index in [1.165, 1.54) is 12.1 Å². The van der Waals surface area contributed by atoms with Crippen molar-refractivity contribution in [3.63, 3.8) is 0 Å². The van der Waals surface area contributed by atoms with Gasteiger partial charge >= 0.3 is 0 Å². The van der Waals surface area contributed by atoms with Gasteiger partial charge in [0, 0.05) is 37.1 Å². The zero-order valence-electron chi connectivity index (χ0n) is 13.8. The number of nitrogens with two attached hydrogens (primary N) is 1. The third-order valence-corrected chi connectivity index (χ3v) is 4.69. The number of piperidine rings is 1. The molecule has 0 spiro atoms. The first kappa shape index (κ1) is 15.8. The van der Waals surface area contributed by atoms with E-state index >= 15 is 0 Å². The molecule has 6 heteroatoms. The monoisotopic (exact) mass is 337 g/mol. The third-order valence-electron chi connectivity index (χ3n) is 4.69. The number of halogens is 1. The van der Waals surface area contributed by atoms with E-state index in [1.807, 2.05) is 12.1 Å². The number of aromatic nitrogens is 3. The molecule has 3 aromatic rings. The van der Waals surface area contributed by atoms with Crippen molar-refractivity contribution >= 4 is 5.82 Å². The topological polar surface area (TPSA) is 70.8 Å². The second-order valence-electron chi connectivity index (χ2n) is 6.36. The van der Waals surface area contributed by atoms with Crippen molar-refractivity contribution in [1.29, 1.82) is 0 Å². The van der Waals surface area contributed by atoms with Gasteiger partial charge in [-0.1, -0.05) is 0 Å². The molecule has 0 radical (unpaired) electrons. The molecular weight excluding hydrogens is 317 g/mol. The normalized spacial score (nSPS) is 15.5. The maximum atomic E-state index is 13.3. The van der Waals surface area contributed by atoms with Crippen LogP contribution in [0.4, 0.5) is 10.2 Å². The first-order valence-corrected chi connectivity index (χ1v) is 8.47. The molecule has 25 heavy (non-hydrogen) atoms. The van der Waals surface area contributed by atoms with Crippen LogP contribution in [0, 0.1) is 5.82 Å². The fourth-order valence-corrected chi connectivity index (χ4v) is 3.29. The number of H-pyrrole nitrogens is 1. The summed E-state index contributed by atoms with van der Waals surface area (Å²) in [6, 6.07) is 10.7. The minimum absolute atomic E-state index is 0.251. The van der Waals surface area contributed by atoms with Gasteiger partial charge in [-0.3, -0.25) is 10.1 Å². The van der Waals surface area contributed by atoms with Crippen molar-refractivity contribution in [2.45, 2.75) is 18.9 Å². The number of anilines is 1. The molecule has 3 heterocycles. The second-order valence-corrected chi connectivity index (χ2v) is 6.36. The number of hydrogen-bond acceptors (Lipinski definition) is 4. The van der Waals surface area contributed by atoms with E-state index in [4.69, 9.17) is 5.73 Å². The summed E-state index contributed by atoms with van der Waals surface area (Å²) >= 11 is 0. The van der Waals surface area contributed by atoms with E-state index in [0.29, 0.717) is 0 Å². The van der Waals surface area contributed by atoms with Crippen LogP contribution in [-0.4, -0.2) is 34.3 Å². The molecule has 2 aromatic heterocycles. The summed E-state index contributed by atoms with van der Waals surface area (Å²) < 4.78 is 13.3. The number of pyridine rings is 1. The molecule has 0 aliphatic carbocycles. The van der Waals surface area contributed by atoms with Crippen LogP contribution in [0.15, 0.2) is 48.8 Å². The van der Waals surface area contributed by atoms with Gasteiger partial charge < -0.3 is 10.6 Å². The zero-order chi connectivity index (χ0) is 17.2. The molecule has 0 atom stereocenters. The van der Waals surface area contributed by atoms with Gasteiger partial charge in [0.2, 0.25) is 0 Å². The largest absolute Gasteiger partial charge is 0.355 e. The number of aromatic amines is 1. The second kappa shape index (κ2) is 6.64. The average Bonchev–Trinajstić information content (AvgIpc) is 3.09. The van der Waals surface area contributed by atoms with Crippen LogP contribution in [0.3, 0.4) is 0 Å². The van der Waals surface area contributed by atoms with Gasteiger partial charge in [0.15, 0.2) is 5.82 Å². The van der Waals surface area contributed by atoms with Gasteiger partial charge in [0.25, 0.3) is 0 Å². The van der Waals surface area contributed by atoms with Crippen molar-refractivity contribution < 1.29 is 4.39 Å². The molecule has 3 N–H and O–H groups in total. The maximum Gasteiger partial charge on any atom is 0.158 e. The summed E-state index contributed by atoms with van der Waals surface area (Å²) in [6.07, 6.45) is 5.45. The molecule has 1 fully saturated rings. The van der Waals surface area contributed by atoms with Gasteiger partial charge in [-0.2, -0.15) is 5.10 Å². The van der Waals surface area contributed by atoms with Gasteiger partial charge in [0.05, 0.1) is 11.3 Å². The maximum absolute atomic E-state index is 13.3. The first-order chi connectivity index (χ1) is 12.2. The Morgan fingerprint density at radius 3 is 2.36 bits per heavy atom. The summed E-state index contributed by atoms with van der Waals surface area (Å²) in [6.45, 7) is 1.76. The predicted octanol–water partition coefficient (Wildman–Crippen LogP) is 3.21. The van der Waals surface area contributed by atoms with Crippen LogP contribution >= 0.6 is 0 Å². The highest BCUT2D eigenvalue weighted by molar-refractivity contribution is 5.88. The van der Waals surface area contributed by atoms with Crippen molar-refractivity contribution in [2.75, 3.05) is 18.0 Å². The van der Waals surface area contributed by atoms with Gasteiger partial charge in [-0.05, 0) is 54.8 Å². The number of nitrogens with zero attached hydrogens (tertiary/aromatic N) is 3. The summed E-state index contributed by atoms with van der Waals surface area (Å²) in [5.74, 6) is 0.663. The van der Waals surface area contributed by atoms with Crippen molar-refractivity contribution in [3.8, 4) is 22.4 Å². The Morgan fingerprint density at radius 2 is 1.68 bits per heavy atom. The molecule has 0 unspecified atom stereocenters. The highest BCUT2D eigenvalue weighted by Crippen LogP contribution is 2.38. The molecule has 1 aliphatic heterocycles. The van der Waals surface area contributed by atoms with E-state index in [9.17, 15) is 4.39 Å². The molecular formula is C19H20FN5. The van der Waals surface area contributed by atoms with Crippen molar-refractivity contribution in [2.24, 2.45) is 5.73 Å². The molecule has 1 saturated heterocycles. The Balaban J connectivity index is 1.81. The Labute approximate surface area is 145 Å². The van der Waals surface area contributed by atoms with Crippen molar-refractivity contribution in [3.05, 3.63) is 54.6 Å². The van der Waals surface area contributed by atoms with Crippen molar-refractivity contribution in [1.82, 2.24) is 15.2 Å². The van der Waals surface area contributed by atoms with E-state index in [1.54, 1.807) is 24.5 Å². The fraction of sp³-hybridized carbons (Fsp3) is 0.263. The van der Waals surface area contributed by atoms with Crippen LogP contribution in [-0.2, 0) is 0 Å². The lowest BCUT2D eigenvalue weighted by Crippen LogP contribution is -2.40. The SMILES string of the molecule is NC1CCN(c2n[nH]c(-c3ccc(F)cc3)c2-c2ccncc2)CC1. The highest BCUT2D eigenvalue weighted by Gasteiger charge is 2.24. The summed E-state index contributed by atoms with van der Waals surface area (Å²) in [5.41, 5.74) is 9.88. The Bertz CT molecular complexity index is 836. The van der Waals surface area contributed by atoms with Crippen LogP contribution < -0.4 is 10.6 Å². The Kier molecular flexibility index (Phi) is 4.19. The lowest BCUT2D eigenvalue weighted by atomic mass is 10.00. The molecule has 1 aromatic carbocycles. The van der Waals surface area contributed by atoms with Crippen LogP contribution in [0.5, 0.6) is 0 Å². The fourth-order valence-electron chi connectivity index (χ4n) is 3.29. The smallest absolute Gasteiger partial charge is 0.158 e. The highest BCUT2D eigenvalue weighted by atomic mass is 19.1. The number of rotatable bonds is 3. The average molecular weight is 337 g/mol. The molecule has 5 nitrogen and oxygen atoms in total. The summed E-state index contributed by atoms with van der Waals surface area (Å²) in [4.78, 5) is 6.38. The van der Waals surface area contributed by atoms with Gasteiger partial charge in [-0.25, -0.2) is 4.39 Å². The van der Waals surface area contributed by atoms with E-state index in [0.717, 1.165) is 54.1 Å². The lowest BCUT2D eigenvalue weighted by molar-refractivity contribution is 0.498. The van der Waals surface area contributed by atoms with E-state index < -0.39 is 0 Å². The standard InChI is InChI=1S/C19H20FN5/c20-15-3-1-14(2-4-15)18-17(13-5-9-22-10-6-13)19(24-23-18)25-11-7-16(21)8-12-25/h1-6,9-10,16H,7-8,11-12,21H2,(H,23,24). The molecule has 4 rings (SSSR count). The summed E-state index contributed by atoms with van der Waals surface area (Å²) in [5, 5.41) is 7.74. The van der Waals surface area contributed by atoms with E-state index in [-0.39, 0.29) is 11.9 Å². The van der Waals surface area contributed by atoms with Crippen LogP contribution in [0.2, 0.25) is 0 Å². The molecule has 0 bridgehead atoms.